The first kappa shape index (κ1) is 16.8. The Kier molecular flexibility index (Phi) is 5.17. The molecule has 3 rings (SSSR count). The van der Waals surface area contributed by atoms with E-state index in [1.807, 2.05) is 35.7 Å². The Labute approximate surface area is 147 Å². The van der Waals surface area contributed by atoms with Gasteiger partial charge in [0.1, 0.15) is 16.8 Å². The first-order valence-electron chi connectivity index (χ1n) is 7.34. The van der Waals surface area contributed by atoms with Crippen LogP contribution in [0.4, 0.5) is 8.78 Å². The monoisotopic (exact) mass is 354 g/mol. The lowest BCUT2D eigenvalue weighted by Gasteiger charge is -2.07. The zero-order valence-electron chi connectivity index (χ0n) is 12.9. The lowest BCUT2D eigenvalue weighted by Crippen LogP contribution is -2.03. The van der Waals surface area contributed by atoms with E-state index in [9.17, 15) is 14.0 Å². The van der Waals surface area contributed by atoms with Crippen molar-refractivity contribution in [2.24, 2.45) is 0 Å². The van der Waals surface area contributed by atoms with E-state index in [0.29, 0.717) is 10.6 Å². The molecule has 0 saturated heterocycles. The molecule has 0 aliphatic heterocycles. The van der Waals surface area contributed by atoms with Crippen molar-refractivity contribution in [1.29, 1.82) is 5.26 Å². The molecule has 0 aliphatic carbocycles. The Balaban J connectivity index is 1.95. The van der Waals surface area contributed by atoms with Gasteiger partial charge >= 0.3 is 6.61 Å². The Bertz CT molecular complexity index is 930. The number of ether oxygens (including phenoxy) is 1. The van der Waals surface area contributed by atoms with Gasteiger partial charge in [0.15, 0.2) is 0 Å². The molecular weight excluding hydrogens is 342 g/mol. The summed E-state index contributed by atoms with van der Waals surface area (Å²) in [5.41, 5.74) is 2.40. The van der Waals surface area contributed by atoms with Gasteiger partial charge in [-0.1, -0.05) is 48.5 Å². The predicted octanol–water partition coefficient (Wildman–Crippen LogP) is 5.48. The number of alkyl halides is 2. The molecule has 6 heteroatoms. The highest BCUT2D eigenvalue weighted by molar-refractivity contribution is 7.11. The summed E-state index contributed by atoms with van der Waals surface area (Å²) in [6, 6.07) is 18.0. The number of para-hydroxylation sites is 1. The first-order valence-corrected chi connectivity index (χ1v) is 8.22. The molecule has 0 aliphatic rings. The quantitative estimate of drug-likeness (QED) is 0.570. The van der Waals surface area contributed by atoms with Crippen LogP contribution >= 0.6 is 11.3 Å². The third-order valence-corrected chi connectivity index (χ3v) is 4.24. The van der Waals surface area contributed by atoms with Crippen molar-refractivity contribution in [2.75, 3.05) is 0 Å². The van der Waals surface area contributed by atoms with Crippen molar-refractivity contribution in [3.05, 3.63) is 70.5 Å². The second-order valence-electron chi connectivity index (χ2n) is 4.99. The third-order valence-electron chi connectivity index (χ3n) is 3.36. The average Bonchev–Trinajstić information content (AvgIpc) is 3.11. The van der Waals surface area contributed by atoms with Gasteiger partial charge in [-0.15, -0.1) is 11.3 Å². The molecule has 0 radical (unpaired) electrons. The summed E-state index contributed by atoms with van der Waals surface area (Å²) in [7, 11) is 0. The summed E-state index contributed by atoms with van der Waals surface area (Å²) < 4.78 is 29.5. The largest absolute Gasteiger partial charge is 0.434 e. The molecule has 1 aromatic heterocycles. The smallest absolute Gasteiger partial charge is 0.387 e. The summed E-state index contributed by atoms with van der Waals surface area (Å²) in [5, 5.41) is 11.8. The maximum atomic E-state index is 12.5. The van der Waals surface area contributed by atoms with Gasteiger partial charge in [0.05, 0.1) is 11.3 Å². The molecule has 0 unspecified atom stereocenters. The van der Waals surface area contributed by atoms with Crippen LogP contribution in [0.2, 0.25) is 0 Å². The normalized spacial score (nSPS) is 11.4. The van der Waals surface area contributed by atoms with Crippen molar-refractivity contribution in [1.82, 2.24) is 4.98 Å². The van der Waals surface area contributed by atoms with Crippen molar-refractivity contribution in [2.45, 2.75) is 6.61 Å². The van der Waals surface area contributed by atoms with Crippen LogP contribution in [0.5, 0.6) is 5.75 Å². The Morgan fingerprint density at radius 2 is 1.84 bits per heavy atom. The Hall–Kier alpha value is -3.04. The second-order valence-corrected chi connectivity index (χ2v) is 5.85. The summed E-state index contributed by atoms with van der Waals surface area (Å²) in [6.07, 6.45) is 1.51. The van der Waals surface area contributed by atoms with Crippen molar-refractivity contribution in [3.63, 3.8) is 0 Å². The van der Waals surface area contributed by atoms with E-state index in [-0.39, 0.29) is 11.3 Å². The Morgan fingerprint density at radius 1 is 1.12 bits per heavy atom. The number of nitrogens with zero attached hydrogens (tertiary/aromatic N) is 2. The van der Waals surface area contributed by atoms with Gasteiger partial charge in [-0.25, -0.2) is 4.98 Å². The SMILES string of the molecule is N#C/C(=C\c1ccccc1OC(F)F)c1nc(-c2ccccc2)cs1. The van der Waals surface area contributed by atoms with E-state index >= 15 is 0 Å². The molecule has 0 spiro atoms. The maximum absolute atomic E-state index is 12.5. The highest BCUT2D eigenvalue weighted by atomic mass is 32.1. The van der Waals surface area contributed by atoms with Crippen molar-refractivity contribution in [3.8, 4) is 23.1 Å². The molecule has 0 saturated carbocycles. The average molecular weight is 354 g/mol. The van der Waals surface area contributed by atoms with Crippen molar-refractivity contribution < 1.29 is 13.5 Å². The molecular formula is C19H12F2N2OS. The minimum atomic E-state index is -2.93. The topological polar surface area (TPSA) is 45.9 Å². The minimum Gasteiger partial charge on any atom is -0.434 e. The number of nitriles is 1. The standard InChI is InChI=1S/C19H12F2N2OS/c20-19(21)24-17-9-5-4-8-14(17)10-15(11-22)18-23-16(12-25-18)13-6-2-1-3-7-13/h1-10,12,19H/b15-10+. The van der Waals surface area contributed by atoms with Crippen LogP contribution in [0.1, 0.15) is 10.6 Å². The fraction of sp³-hybridized carbons (Fsp3) is 0.0526. The van der Waals surface area contributed by atoms with Crippen LogP contribution in [0, 0.1) is 11.3 Å². The fourth-order valence-corrected chi connectivity index (χ4v) is 3.03. The molecule has 0 bridgehead atoms. The summed E-state index contributed by atoms with van der Waals surface area (Å²) in [6.45, 7) is -2.93. The van der Waals surface area contributed by atoms with E-state index in [4.69, 9.17) is 0 Å². The molecule has 1 heterocycles. The fourth-order valence-electron chi connectivity index (χ4n) is 2.24. The zero-order valence-corrected chi connectivity index (χ0v) is 13.7. The van der Waals surface area contributed by atoms with Gasteiger partial charge in [0.25, 0.3) is 0 Å². The molecule has 25 heavy (non-hydrogen) atoms. The molecule has 3 aromatic rings. The number of halogens is 2. The van der Waals surface area contributed by atoms with Crippen LogP contribution in [0.3, 0.4) is 0 Å². The van der Waals surface area contributed by atoms with E-state index in [1.54, 1.807) is 18.2 Å². The number of allylic oxidation sites excluding steroid dienone is 1. The van der Waals surface area contributed by atoms with Crippen LogP contribution in [-0.4, -0.2) is 11.6 Å². The van der Waals surface area contributed by atoms with Gasteiger partial charge < -0.3 is 4.74 Å². The van der Waals surface area contributed by atoms with Crippen LogP contribution in [0.25, 0.3) is 22.9 Å². The molecule has 2 aromatic carbocycles. The van der Waals surface area contributed by atoms with E-state index < -0.39 is 6.61 Å². The first-order chi connectivity index (χ1) is 12.2. The van der Waals surface area contributed by atoms with Crippen LogP contribution < -0.4 is 4.74 Å². The van der Waals surface area contributed by atoms with Gasteiger partial charge in [-0.3, -0.25) is 0 Å². The van der Waals surface area contributed by atoms with Crippen LogP contribution in [-0.2, 0) is 0 Å². The number of aromatic nitrogens is 1. The minimum absolute atomic E-state index is 0.0186. The predicted molar refractivity (Wildman–Crippen MR) is 94.1 cm³/mol. The second kappa shape index (κ2) is 7.69. The number of rotatable bonds is 5. The summed E-state index contributed by atoms with van der Waals surface area (Å²) >= 11 is 1.33. The van der Waals surface area contributed by atoms with Gasteiger partial charge in [0, 0.05) is 16.5 Å². The number of hydrogen-bond acceptors (Lipinski definition) is 4. The lowest BCUT2D eigenvalue weighted by atomic mass is 10.1. The van der Waals surface area contributed by atoms with E-state index in [1.165, 1.54) is 23.5 Å². The highest BCUT2D eigenvalue weighted by Crippen LogP contribution is 2.29. The third kappa shape index (κ3) is 4.08. The Morgan fingerprint density at radius 3 is 2.56 bits per heavy atom. The molecule has 0 N–H and O–H groups in total. The van der Waals surface area contributed by atoms with Crippen LogP contribution in [0.15, 0.2) is 60.0 Å². The molecule has 124 valence electrons. The van der Waals surface area contributed by atoms with E-state index in [0.717, 1.165) is 11.3 Å². The van der Waals surface area contributed by atoms with Gasteiger partial charge in [0.2, 0.25) is 0 Å². The number of thiazole rings is 1. The summed E-state index contributed by atoms with van der Waals surface area (Å²) in [4.78, 5) is 4.48. The molecule has 0 atom stereocenters. The number of benzene rings is 2. The highest BCUT2D eigenvalue weighted by Gasteiger charge is 2.12. The maximum Gasteiger partial charge on any atom is 0.387 e. The lowest BCUT2D eigenvalue weighted by molar-refractivity contribution is -0.0499. The number of hydrogen-bond donors (Lipinski definition) is 0. The zero-order chi connectivity index (χ0) is 17.6. The molecule has 0 amide bonds. The molecule has 0 fully saturated rings. The van der Waals surface area contributed by atoms with Crippen molar-refractivity contribution >= 4 is 23.0 Å². The summed E-state index contributed by atoms with van der Waals surface area (Å²) in [5.74, 6) is 0.0186. The van der Waals surface area contributed by atoms with Gasteiger partial charge in [-0.2, -0.15) is 14.0 Å². The van der Waals surface area contributed by atoms with Gasteiger partial charge in [-0.05, 0) is 12.1 Å². The van der Waals surface area contributed by atoms with E-state index in [2.05, 4.69) is 15.8 Å². The molecule has 3 nitrogen and oxygen atoms in total.